The van der Waals surface area contributed by atoms with Crippen LogP contribution < -0.4 is 10.1 Å². The van der Waals surface area contributed by atoms with Crippen molar-refractivity contribution < 1.29 is 14.6 Å². The number of fused-ring (bicyclic) bond motifs is 1. The summed E-state index contributed by atoms with van der Waals surface area (Å²) in [4.78, 5) is 12.6. The highest BCUT2D eigenvalue weighted by atomic mass is 35.5. The van der Waals surface area contributed by atoms with E-state index >= 15 is 0 Å². The van der Waals surface area contributed by atoms with Gasteiger partial charge < -0.3 is 15.2 Å². The zero-order chi connectivity index (χ0) is 18.7. The number of halogens is 1. The molecule has 3 aromatic rings. The molecule has 3 aromatic carbocycles. The third-order valence-electron chi connectivity index (χ3n) is 4.21. The van der Waals surface area contributed by atoms with Crippen LogP contribution in [0.4, 0.5) is 0 Å². The molecule has 0 spiro atoms. The van der Waals surface area contributed by atoms with Gasteiger partial charge in [0.1, 0.15) is 0 Å². The molecule has 0 aliphatic rings. The van der Waals surface area contributed by atoms with Crippen molar-refractivity contribution in [2.45, 2.75) is 19.9 Å². The summed E-state index contributed by atoms with van der Waals surface area (Å²) in [6.45, 7) is 4.08. The lowest BCUT2D eigenvalue weighted by Crippen LogP contribution is -2.26. The van der Waals surface area contributed by atoms with Crippen LogP contribution in [0.3, 0.4) is 0 Å². The van der Waals surface area contributed by atoms with Crippen LogP contribution in [0.1, 0.15) is 35.8 Å². The highest BCUT2D eigenvalue weighted by Crippen LogP contribution is 2.35. The van der Waals surface area contributed by atoms with Gasteiger partial charge in [-0.15, -0.1) is 0 Å². The van der Waals surface area contributed by atoms with Crippen LogP contribution in [-0.2, 0) is 0 Å². The highest BCUT2D eigenvalue weighted by molar-refractivity contribution is 6.32. The van der Waals surface area contributed by atoms with Gasteiger partial charge >= 0.3 is 0 Å². The molecule has 0 saturated heterocycles. The Hall–Kier alpha value is -2.72. The van der Waals surface area contributed by atoms with E-state index in [9.17, 15) is 9.90 Å². The zero-order valence-electron chi connectivity index (χ0n) is 14.6. The molecular weight excluding hydrogens is 350 g/mol. The number of hydrogen-bond donors (Lipinski definition) is 2. The number of phenolic OH excluding ortho intramolecular Hbond substituents is 1. The first kappa shape index (κ1) is 18.1. The summed E-state index contributed by atoms with van der Waals surface area (Å²) < 4.78 is 5.33. The van der Waals surface area contributed by atoms with Crippen LogP contribution in [0.25, 0.3) is 10.8 Å². The monoisotopic (exact) mass is 369 g/mol. The second-order valence-electron chi connectivity index (χ2n) is 6.04. The average molecular weight is 370 g/mol. The molecule has 0 aliphatic heterocycles. The Labute approximate surface area is 157 Å². The predicted octanol–water partition coefficient (Wildman–Crippen LogP) is 5.09. The number of ether oxygens (including phenoxy) is 1. The molecule has 1 unspecified atom stereocenters. The van der Waals surface area contributed by atoms with E-state index in [2.05, 4.69) is 17.4 Å². The van der Waals surface area contributed by atoms with Gasteiger partial charge in [0, 0.05) is 5.56 Å². The number of nitrogens with one attached hydrogen (secondary N) is 1. The smallest absolute Gasteiger partial charge is 0.251 e. The first-order valence-electron chi connectivity index (χ1n) is 8.44. The molecule has 0 radical (unpaired) electrons. The van der Waals surface area contributed by atoms with Gasteiger partial charge in [-0.25, -0.2) is 0 Å². The Bertz CT molecular complexity index is 955. The van der Waals surface area contributed by atoms with Crippen LogP contribution in [0.15, 0.2) is 54.6 Å². The van der Waals surface area contributed by atoms with Gasteiger partial charge in [-0.3, -0.25) is 4.79 Å². The van der Waals surface area contributed by atoms with Crippen molar-refractivity contribution in [1.29, 1.82) is 0 Å². The van der Waals surface area contributed by atoms with Crippen molar-refractivity contribution in [3.05, 3.63) is 70.7 Å². The van der Waals surface area contributed by atoms with Gasteiger partial charge in [0.15, 0.2) is 11.5 Å². The van der Waals surface area contributed by atoms with Crippen molar-refractivity contribution in [3.8, 4) is 11.5 Å². The fraction of sp³-hybridized carbons (Fsp3) is 0.190. The van der Waals surface area contributed by atoms with Gasteiger partial charge in [0.05, 0.1) is 17.7 Å². The molecule has 0 saturated carbocycles. The van der Waals surface area contributed by atoms with E-state index in [-0.39, 0.29) is 28.5 Å². The van der Waals surface area contributed by atoms with Crippen LogP contribution >= 0.6 is 11.6 Å². The Kier molecular flexibility index (Phi) is 5.33. The van der Waals surface area contributed by atoms with Gasteiger partial charge in [-0.1, -0.05) is 48.0 Å². The Morgan fingerprint density at radius 3 is 2.62 bits per heavy atom. The highest BCUT2D eigenvalue weighted by Gasteiger charge is 2.16. The molecule has 26 heavy (non-hydrogen) atoms. The second-order valence-corrected chi connectivity index (χ2v) is 6.45. The molecule has 0 bridgehead atoms. The lowest BCUT2D eigenvalue weighted by atomic mass is 10.0. The van der Waals surface area contributed by atoms with E-state index in [1.54, 1.807) is 6.92 Å². The molecule has 0 fully saturated rings. The van der Waals surface area contributed by atoms with Gasteiger partial charge in [-0.05, 0) is 48.4 Å². The second kappa shape index (κ2) is 7.67. The Morgan fingerprint density at radius 2 is 1.88 bits per heavy atom. The van der Waals surface area contributed by atoms with E-state index in [1.165, 1.54) is 12.1 Å². The fourth-order valence-electron chi connectivity index (χ4n) is 2.81. The van der Waals surface area contributed by atoms with Crippen LogP contribution in [-0.4, -0.2) is 17.6 Å². The molecule has 5 heteroatoms. The molecule has 0 aliphatic carbocycles. The topological polar surface area (TPSA) is 58.6 Å². The molecule has 0 heterocycles. The minimum atomic E-state index is -0.284. The van der Waals surface area contributed by atoms with Crippen molar-refractivity contribution in [2.75, 3.05) is 6.61 Å². The molecule has 0 aromatic heterocycles. The number of rotatable bonds is 5. The minimum absolute atomic E-state index is 0.0828. The quantitative estimate of drug-likeness (QED) is 0.658. The Balaban J connectivity index is 1.82. The molecule has 3 rings (SSSR count). The zero-order valence-corrected chi connectivity index (χ0v) is 15.4. The van der Waals surface area contributed by atoms with Gasteiger partial charge in [-0.2, -0.15) is 0 Å². The Morgan fingerprint density at radius 1 is 1.15 bits per heavy atom. The van der Waals surface area contributed by atoms with Gasteiger partial charge in [0.25, 0.3) is 5.91 Å². The lowest BCUT2D eigenvalue weighted by Gasteiger charge is -2.16. The summed E-state index contributed by atoms with van der Waals surface area (Å²) in [7, 11) is 0. The summed E-state index contributed by atoms with van der Waals surface area (Å²) in [6, 6.07) is 16.9. The van der Waals surface area contributed by atoms with E-state index in [4.69, 9.17) is 16.3 Å². The van der Waals surface area contributed by atoms with Crippen LogP contribution in [0, 0.1) is 0 Å². The molecule has 2 N–H and O–H groups in total. The predicted molar refractivity (Wildman–Crippen MR) is 104 cm³/mol. The fourth-order valence-corrected chi connectivity index (χ4v) is 3.02. The number of benzene rings is 3. The van der Waals surface area contributed by atoms with Crippen molar-refractivity contribution in [1.82, 2.24) is 5.32 Å². The third kappa shape index (κ3) is 3.75. The summed E-state index contributed by atoms with van der Waals surface area (Å²) in [5.74, 6) is -0.246. The maximum Gasteiger partial charge on any atom is 0.251 e. The largest absolute Gasteiger partial charge is 0.503 e. The van der Waals surface area contributed by atoms with E-state index in [0.717, 1.165) is 16.3 Å². The molecule has 4 nitrogen and oxygen atoms in total. The number of amides is 1. The van der Waals surface area contributed by atoms with E-state index < -0.39 is 0 Å². The maximum absolute atomic E-state index is 12.6. The SMILES string of the molecule is CCOc1cc(C(=O)NC(C)c2ccc3ccccc3c2)cc(Cl)c1O. The minimum Gasteiger partial charge on any atom is -0.503 e. The van der Waals surface area contributed by atoms with E-state index in [0.29, 0.717) is 12.2 Å². The standard InChI is InChI=1S/C21H20ClNO3/c1-3-26-19-12-17(11-18(22)20(19)24)21(25)23-13(2)15-9-8-14-6-4-5-7-16(14)10-15/h4-13,24H,3H2,1-2H3,(H,23,25). The van der Waals surface area contributed by atoms with E-state index in [1.807, 2.05) is 37.3 Å². The van der Waals surface area contributed by atoms with Gasteiger partial charge in [0.2, 0.25) is 0 Å². The first-order chi connectivity index (χ1) is 12.5. The lowest BCUT2D eigenvalue weighted by molar-refractivity contribution is 0.0939. The van der Waals surface area contributed by atoms with Crippen molar-refractivity contribution >= 4 is 28.3 Å². The molecule has 1 amide bonds. The van der Waals surface area contributed by atoms with Crippen molar-refractivity contribution in [3.63, 3.8) is 0 Å². The molecule has 134 valence electrons. The number of carbonyl (C=O) groups is 1. The number of phenols is 1. The van der Waals surface area contributed by atoms with Crippen LogP contribution in [0.5, 0.6) is 11.5 Å². The summed E-state index contributed by atoms with van der Waals surface area (Å²) in [5.41, 5.74) is 1.34. The third-order valence-corrected chi connectivity index (χ3v) is 4.50. The molecule has 1 atom stereocenters. The van der Waals surface area contributed by atoms with Crippen molar-refractivity contribution in [2.24, 2.45) is 0 Å². The van der Waals surface area contributed by atoms with Crippen LogP contribution in [0.2, 0.25) is 5.02 Å². The normalized spacial score (nSPS) is 12.0. The number of hydrogen-bond acceptors (Lipinski definition) is 3. The summed E-state index contributed by atoms with van der Waals surface area (Å²) in [6.07, 6.45) is 0. The number of carbonyl (C=O) groups excluding carboxylic acids is 1. The molecular formula is C21H20ClNO3. The summed E-state index contributed by atoms with van der Waals surface area (Å²) >= 11 is 6.01. The first-order valence-corrected chi connectivity index (χ1v) is 8.82. The summed E-state index contributed by atoms with van der Waals surface area (Å²) in [5, 5.41) is 15.2. The number of aromatic hydroxyl groups is 1. The maximum atomic E-state index is 12.6. The average Bonchev–Trinajstić information content (AvgIpc) is 2.64.